The van der Waals surface area contributed by atoms with Crippen LogP contribution < -0.4 is 5.73 Å². The average molecular weight is 221 g/mol. The van der Waals surface area contributed by atoms with Gasteiger partial charge in [-0.2, -0.15) is 18.3 Å². The third kappa shape index (κ3) is 2.71. The van der Waals surface area contributed by atoms with Crippen molar-refractivity contribution in [1.29, 1.82) is 0 Å². The van der Waals surface area contributed by atoms with E-state index in [0.717, 1.165) is 4.68 Å². The molecule has 1 atom stereocenters. The van der Waals surface area contributed by atoms with Gasteiger partial charge in [-0.05, 0) is 20.3 Å². The van der Waals surface area contributed by atoms with Crippen molar-refractivity contribution in [1.82, 2.24) is 9.78 Å². The lowest BCUT2D eigenvalue weighted by Gasteiger charge is -2.12. The second-order valence-corrected chi connectivity index (χ2v) is 3.51. The highest BCUT2D eigenvalue weighted by atomic mass is 19.4. The largest absolute Gasteiger partial charge is 0.433 e. The van der Waals surface area contributed by atoms with Crippen LogP contribution in [-0.2, 0) is 19.1 Å². The van der Waals surface area contributed by atoms with Gasteiger partial charge in [0.1, 0.15) is 5.69 Å². The Bertz CT molecular complexity index is 328. The molecule has 0 amide bonds. The summed E-state index contributed by atoms with van der Waals surface area (Å²) in [5, 5.41) is 3.70. The zero-order valence-corrected chi connectivity index (χ0v) is 8.67. The van der Waals surface area contributed by atoms with E-state index in [0.29, 0.717) is 0 Å². The average Bonchev–Trinajstić information content (AvgIpc) is 2.45. The number of aromatic nitrogens is 2. The lowest BCUT2D eigenvalue weighted by atomic mass is 10.1. The number of alkyl halides is 3. The lowest BCUT2D eigenvalue weighted by Crippen LogP contribution is -2.21. The van der Waals surface area contributed by atoms with Crippen LogP contribution >= 0.6 is 0 Å². The summed E-state index contributed by atoms with van der Waals surface area (Å²) in [6.45, 7) is 3.50. The molecule has 2 N–H and O–H groups in total. The van der Waals surface area contributed by atoms with Crippen molar-refractivity contribution in [2.75, 3.05) is 0 Å². The molecule has 1 unspecified atom stereocenters. The molecule has 0 radical (unpaired) electrons. The first kappa shape index (κ1) is 12.0. The monoisotopic (exact) mass is 221 g/mol. The van der Waals surface area contributed by atoms with Crippen molar-refractivity contribution < 1.29 is 13.2 Å². The SMILES string of the molecule is CCn1ncc(CC(C)N)c1C(F)(F)F. The quantitative estimate of drug-likeness (QED) is 0.845. The van der Waals surface area contributed by atoms with E-state index >= 15 is 0 Å². The molecule has 0 spiro atoms. The Morgan fingerprint density at radius 2 is 2.13 bits per heavy atom. The van der Waals surface area contributed by atoms with Crippen molar-refractivity contribution in [2.24, 2.45) is 5.73 Å². The van der Waals surface area contributed by atoms with Crippen LogP contribution in [0.4, 0.5) is 13.2 Å². The van der Waals surface area contributed by atoms with Gasteiger partial charge in [-0.25, -0.2) is 0 Å². The van der Waals surface area contributed by atoms with Gasteiger partial charge in [0.05, 0.1) is 6.20 Å². The molecule has 0 fully saturated rings. The number of hydrogen-bond acceptors (Lipinski definition) is 2. The Hall–Kier alpha value is -1.04. The first-order chi connectivity index (χ1) is 6.86. The van der Waals surface area contributed by atoms with Crippen LogP contribution in [0.5, 0.6) is 0 Å². The Balaban J connectivity index is 3.12. The molecule has 86 valence electrons. The summed E-state index contributed by atoms with van der Waals surface area (Å²) in [5.74, 6) is 0. The highest BCUT2D eigenvalue weighted by molar-refractivity contribution is 5.21. The van der Waals surface area contributed by atoms with Crippen molar-refractivity contribution in [3.8, 4) is 0 Å². The predicted molar refractivity (Wildman–Crippen MR) is 50.3 cm³/mol. The van der Waals surface area contributed by atoms with E-state index in [1.165, 1.54) is 6.20 Å². The fourth-order valence-electron chi connectivity index (χ4n) is 1.49. The fraction of sp³-hybridized carbons (Fsp3) is 0.667. The minimum Gasteiger partial charge on any atom is -0.328 e. The second kappa shape index (κ2) is 4.22. The van der Waals surface area contributed by atoms with Crippen LogP contribution in [0.3, 0.4) is 0 Å². The number of nitrogens with two attached hydrogens (primary N) is 1. The van der Waals surface area contributed by atoms with Crippen LogP contribution in [-0.4, -0.2) is 15.8 Å². The lowest BCUT2D eigenvalue weighted by molar-refractivity contribution is -0.144. The van der Waals surface area contributed by atoms with Crippen molar-refractivity contribution >= 4 is 0 Å². The number of hydrogen-bond donors (Lipinski definition) is 1. The van der Waals surface area contributed by atoms with E-state index in [-0.39, 0.29) is 24.6 Å². The minimum atomic E-state index is -4.36. The summed E-state index contributed by atoms with van der Waals surface area (Å²) >= 11 is 0. The van der Waals surface area contributed by atoms with E-state index in [9.17, 15) is 13.2 Å². The summed E-state index contributed by atoms with van der Waals surface area (Å²) in [6, 6.07) is -0.305. The minimum absolute atomic E-state index is 0.166. The molecule has 1 aromatic heterocycles. The second-order valence-electron chi connectivity index (χ2n) is 3.51. The van der Waals surface area contributed by atoms with Crippen molar-refractivity contribution in [3.05, 3.63) is 17.5 Å². The Labute approximate surface area is 86.1 Å². The summed E-state index contributed by atoms with van der Waals surface area (Å²) in [7, 11) is 0. The molecule has 0 aliphatic heterocycles. The standard InChI is InChI=1S/C9H14F3N3/c1-3-15-8(9(10,11)12)7(5-14-15)4-6(2)13/h5-6H,3-4,13H2,1-2H3. The van der Waals surface area contributed by atoms with Gasteiger partial charge >= 0.3 is 6.18 Å². The molecule has 6 heteroatoms. The summed E-state index contributed by atoms with van der Waals surface area (Å²) in [6.07, 6.45) is -2.93. The van der Waals surface area contributed by atoms with E-state index in [4.69, 9.17) is 5.73 Å². The zero-order chi connectivity index (χ0) is 11.6. The topological polar surface area (TPSA) is 43.8 Å². The summed E-state index contributed by atoms with van der Waals surface area (Å²) < 4.78 is 39.0. The smallest absolute Gasteiger partial charge is 0.328 e. The highest BCUT2D eigenvalue weighted by Crippen LogP contribution is 2.32. The number of rotatable bonds is 3. The molecule has 1 aromatic rings. The summed E-state index contributed by atoms with van der Waals surface area (Å²) in [4.78, 5) is 0. The molecule has 15 heavy (non-hydrogen) atoms. The number of aryl methyl sites for hydroxylation is 1. The number of halogens is 3. The van der Waals surface area contributed by atoms with Gasteiger partial charge in [-0.3, -0.25) is 4.68 Å². The van der Waals surface area contributed by atoms with Gasteiger partial charge in [-0.1, -0.05) is 0 Å². The van der Waals surface area contributed by atoms with Gasteiger partial charge in [0.2, 0.25) is 0 Å². The van der Waals surface area contributed by atoms with E-state index in [1.54, 1.807) is 13.8 Å². The van der Waals surface area contributed by atoms with Crippen molar-refractivity contribution in [3.63, 3.8) is 0 Å². The number of nitrogens with zero attached hydrogens (tertiary/aromatic N) is 2. The molecule has 0 aliphatic rings. The maximum atomic E-state index is 12.7. The van der Waals surface area contributed by atoms with Crippen LogP contribution in [0.2, 0.25) is 0 Å². The molecule has 0 bridgehead atoms. The molecule has 1 rings (SSSR count). The van der Waals surface area contributed by atoms with Gasteiger partial charge in [0.25, 0.3) is 0 Å². The van der Waals surface area contributed by atoms with Gasteiger partial charge in [0.15, 0.2) is 0 Å². The van der Waals surface area contributed by atoms with E-state index in [1.807, 2.05) is 0 Å². The maximum absolute atomic E-state index is 12.7. The Morgan fingerprint density at radius 1 is 1.53 bits per heavy atom. The first-order valence-electron chi connectivity index (χ1n) is 4.73. The molecule has 3 nitrogen and oxygen atoms in total. The van der Waals surface area contributed by atoms with Crippen LogP contribution in [0.1, 0.15) is 25.1 Å². The van der Waals surface area contributed by atoms with Crippen LogP contribution in [0, 0.1) is 0 Å². The zero-order valence-electron chi connectivity index (χ0n) is 8.67. The Kier molecular flexibility index (Phi) is 3.38. The fourth-order valence-corrected chi connectivity index (χ4v) is 1.49. The Morgan fingerprint density at radius 3 is 2.53 bits per heavy atom. The molecule has 0 aromatic carbocycles. The van der Waals surface area contributed by atoms with Crippen LogP contribution in [0.25, 0.3) is 0 Å². The normalized spacial score (nSPS) is 14.3. The predicted octanol–water partition coefficient (Wildman–Crippen LogP) is 1.81. The first-order valence-corrected chi connectivity index (χ1v) is 4.73. The summed E-state index contributed by atoms with van der Waals surface area (Å²) in [5.41, 5.74) is 4.97. The maximum Gasteiger partial charge on any atom is 0.433 e. The van der Waals surface area contributed by atoms with Gasteiger partial charge in [-0.15, -0.1) is 0 Å². The van der Waals surface area contributed by atoms with E-state index in [2.05, 4.69) is 5.10 Å². The molecule has 0 saturated heterocycles. The molecular formula is C9H14F3N3. The molecule has 0 aliphatic carbocycles. The van der Waals surface area contributed by atoms with Crippen molar-refractivity contribution in [2.45, 2.75) is 39.0 Å². The van der Waals surface area contributed by atoms with Gasteiger partial charge < -0.3 is 5.73 Å². The van der Waals surface area contributed by atoms with Gasteiger partial charge in [0, 0.05) is 18.2 Å². The molecular weight excluding hydrogens is 207 g/mol. The highest BCUT2D eigenvalue weighted by Gasteiger charge is 2.37. The van der Waals surface area contributed by atoms with E-state index < -0.39 is 11.9 Å². The third-order valence-electron chi connectivity index (χ3n) is 2.03. The third-order valence-corrected chi connectivity index (χ3v) is 2.03. The molecule has 1 heterocycles. The molecule has 0 saturated carbocycles. The van der Waals surface area contributed by atoms with Crippen LogP contribution in [0.15, 0.2) is 6.20 Å².